The molecule has 0 atom stereocenters. The van der Waals surface area contributed by atoms with Crippen molar-refractivity contribution in [3.8, 4) is 0 Å². The molecule has 2 aliphatic heterocycles. The number of carbonyl (C=O) groups excluding carboxylic acids is 2. The summed E-state index contributed by atoms with van der Waals surface area (Å²) in [5.74, 6) is 0.575. The number of piperazine rings is 1. The SMILES string of the molecule is CC(C)(C)OC(=O)N1CCN(CCNC(=O)Cn2nc3n(c2=O)CCCCC3)CC1. The van der Waals surface area contributed by atoms with E-state index in [9.17, 15) is 14.4 Å². The van der Waals surface area contributed by atoms with Gasteiger partial charge in [-0.3, -0.25) is 14.3 Å². The second kappa shape index (κ2) is 9.63. The van der Waals surface area contributed by atoms with E-state index in [-0.39, 0.29) is 24.2 Å². The highest BCUT2D eigenvalue weighted by molar-refractivity contribution is 5.75. The largest absolute Gasteiger partial charge is 0.444 e. The highest BCUT2D eigenvalue weighted by Crippen LogP contribution is 2.12. The van der Waals surface area contributed by atoms with Gasteiger partial charge in [0.25, 0.3) is 0 Å². The second-order valence-corrected chi connectivity index (χ2v) is 8.98. The molecule has 30 heavy (non-hydrogen) atoms. The molecule has 0 radical (unpaired) electrons. The molecular weight excluding hydrogens is 388 g/mol. The standard InChI is InChI=1S/C20H34N6O4/c1-20(2,3)30-19(29)24-13-11-23(12-14-24)10-8-21-17(27)15-26-18(28)25-9-6-4-5-7-16(25)22-26/h4-15H2,1-3H3,(H,21,27). The fraction of sp³-hybridized carbons (Fsp3) is 0.800. The molecule has 10 nitrogen and oxygen atoms in total. The molecule has 1 N–H and O–H groups in total. The third-order valence-corrected chi connectivity index (χ3v) is 5.35. The van der Waals surface area contributed by atoms with Crippen LogP contribution in [0.25, 0.3) is 0 Å². The van der Waals surface area contributed by atoms with E-state index >= 15 is 0 Å². The zero-order valence-electron chi connectivity index (χ0n) is 18.4. The zero-order valence-corrected chi connectivity index (χ0v) is 18.4. The maximum Gasteiger partial charge on any atom is 0.410 e. The Kier molecular flexibility index (Phi) is 7.17. The van der Waals surface area contributed by atoms with Gasteiger partial charge in [-0.2, -0.15) is 5.10 Å². The Balaban J connectivity index is 1.38. The molecular formula is C20H34N6O4. The van der Waals surface area contributed by atoms with Crippen LogP contribution in [0.1, 0.15) is 45.9 Å². The minimum absolute atomic E-state index is 0.0503. The van der Waals surface area contributed by atoms with Crippen LogP contribution in [-0.4, -0.2) is 81.0 Å². The summed E-state index contributed by atoms with van der Waals surface area (Å²) in [6.45, 7) is 10.1. The van der Waals surface area contributed by atoms with E-state index in [0.29, 0.717) is 32.7 Å². The third-order valence-electron chi connectivity index (χ3n) is 5.35. The van der Waals surface area contributed by atoms with Gasteiger partial charge in [0.1, 0.15) is 18.0 Å². The van der Waals surface area contributed by atoms with Crippen molar-refractivity contribution in [2.24, 2.45) is 0 Å². The number of ether oxygens (including phenoxy) is 1. The quantitative estimate of drug-likeness (QED) is 0.739. The molecule has 1 fully saturated rings. The van der Waals surface area contributed by atoms with Crippen molar-refractivity contribution < 1.29 is 14.3 Å². The molecule has 0 aliphatic carbocycles. The number of hydrogen-bond donors (Lipinski definition) is 1. The minimum Gasteiger partial charge on any atom is -0.444 e. The van der Waals surface area contributed by atoms with Crippen molar-refractivity contribution in [1.82, 2.24) is 29.5 Å². The Morgan fingerprint density at radius 2 is 1.80 bits per heavy atom. The van der Waals surface area contributed by atoms with Crippen molar-refractivity contribution in [2.75, 3.05) is 39.3 Å². The van der Waals surface area contributed by atoms with Crippen LogP contribution in [0.5, 0.6) is 0 Å². The van der Waals surface area contributed by atoms with Crippen molar-refractivity contribution in [3.05, 3.63) is 16.3 Å². The van der Waals surface area contributed by atoms with Gasteiger partial charge in [-0.05, 0) is 33.6 Å². The number of amides is 2. The predicted molar refractivity (Wildman–Crippen MR) is 111 cm³/mol. The zero-order chi connectivity index (χ0) is 21.7. The summed E-state index contributed by atoms with van der Waals surface area (Å²) in [5, 5.41) is 7.21. The second-order valence-electron chi connectivity index (χ2n) is 8.98. The average molecular weight is 423 g/mol. The molecule has 168 valence electrons. The summed E-state index contributed by atoms with van der Waals surface area (Å²) in [5.41, 5.74) is -0.686. The van der Waals surface area contributed by atoms with E-state index in [2.05, 4.69) is 15.3 Å². The van der Waals surface area contributed by atoms with E-state index in [1.54, 1.807) is 9.47 Å². The van der Waals surface area contributed by atoms with Gasteiger partial charge in [0, 0.05) is 52.2 Å². The fourth-order valence-electron chi connectivity index (χ4n) is 3.75. The lowest BCUT2D eigenvalue weighted by molar-refractivity contribution is -0.121. The maximum absolute atomic E-state index is 12.4. The Morgan fingerprint density at radius 1 is 1.07 bits per heavy atom. The van der Waals surface area contributed by atoms with Crippen LogP contribution in [-0.2, 0) is 29.0 Å². The summed E-state index contributed by atoms with van der Waals surface area (Å²) < 4.78 is 8.38. The first-order chi connectivity index (χ1) is 14.2. The van der Waals surface area contributed by atoms with Gasteiger partial charge in [0.05, 0.1) is 0 Å². The number of nitrogens with one attached hydrogen (secondary N) is 1. The fourth-order valence-corrected chi connectivity index (χ4v) is 3.75. The lowest BCUT2D eigenvalue weighted by atomic mass is 10.2. The molecule has 0 spiro atoms. The Bertz CT molecular complexity index is 801. The molecule has 3 heterocycles. The van der Waals surface area contributed by atoms with Gasteiger partial charge in [0.2, 0.25) is 5.91 Å². The summed E-state index contributed by atoms with van der Waals surface area (Å²) in [6.07, 6.45) is 3.63. The summed E-state index contributed by atoms with van der Waals surface area (Å²) >= 11 is 0. The maximum atomic E-state index is 12.4. The smallest absolute Gasteiger partial charge is 0.410 e. The van der Waals surface area contributed by atoms with Crippen LogP contribution in [0.2, 0.25) is 0 Å². The van der Waals surface area contributed by atoms with Crippen LogP contribution in [0, 0.1) is 0 Å². The first-order valence-corrected chi connectivity index (χ1v) is 10.9. The van der Waals surface area contributed by atoms with Crippen LogP contribution in [0.15, 0.2) is 4.79 Å². The minimum atomic E-state index is -0.492. The van der Waals surface area contributed by atoms with Gasteiger partial charge in [0.15, 0.2) is 0 Å². The van der Waals surface area contributed by atoms with Gasteiger partial charge >= 0.3 is 11.8 Å². The molecule has 1 aromatic rings. The topological polar surface area (TPSA) is 102 Å². The van der Waals surface area contributed by atoms with Gasteiger partial charge < -0.3 is 15.0 Å². The van der Waals surface area contributed by atoms with Crippen molar-refractivity contribution >= 4 is 12.0 Å². The number of hydrogen-bond acceptors (Lipinski definition) is 6. The highest BCUT2D eigenvalue weighted by atomic mass is 16.6. The van der Waals surface area contributed by atoms with E-state index in [0.717, 1.165) is 44.6 Å². The molecule has 2 amide bonds. The lowest BCUT2D eigenvalue weighted by Gasteiger charge is -2.35. The van der Waals surface area contributed by atoms with E-state index in [4.69, 9.17) is 4.74 Å². The van der Waals surface area contributed by atoms with E-state index in [1.807, 2.05) is 20.8 Å². The van der Waals surface area contributed by atoms with Gasteiger partial charge in [-0.1, -0.05) is 6.42 Å². The number of fused-ring (bicyclic) bond motifs is 1. The van der Waals surface area contributed by atoms with Gasteiger partial charge in [-0.15, -0.1) is 0 Å². The number of nitrogens with zero attached hydrogens (tertiary/aromatic N) is 5. The lowest BCUT2D eigenvalue weighted by Crippen LogP contribution is -2.51. The number of aromatic nitrogens is 3. The molecule has 1 aromatic heterocycles. The van der Waals surface area contributed by atoms with E-state index in [1.165, 1.54) is 4.68 Å². The van der Waals surface area contributed by atoms with Gasteiger partial charge in [-0.25, -0.2) is 14.3 Å². The monoisotopic (exact) mass is 422 g/mol. The molecule has 0 bridgehead atoms. The number of rotatable bonds is 5. The van der Waals surface area contributed by atoms with Crippen LogP contribution in [0.4, 0.5) is 4.79 Å². The molecule has 1 saturated heterocycles. The predicted octanol–water partition coefficient (Wildman–Crippen LogP) is 0.440. The van der Waals surface area contributed by atoms with Crippen LogP contribution >= 0.6 is 0 Å². The Morgan fingerprint density at radius 3 is 2.50 bits per heavy atom. The average Bonchev–Trinajstić information content (AvgIpc) is 2.83. The molecule has 3 rings (SSSR count). The van der Waals surface area contributed by atoms with Crippen molar-refractivity contribution in [1.29, 1.82) is 0 Å². The Labute approximate surface area is 177 Å². The van der Waals surface area contributed by atoms with Crippen molar-refractivity contribution in [2.45, 2.75) is 65.1 Å². The van der Waals surface area contributed by atoms with Crippen LogP contribution < -0.4 is 11.0 Å². The molecule has 0 unspecified atom stereocenters. The summed E-state index contributed by atoms with van der Waals surface area (Å²) in [4.78, 5) is 40.7. The normalized spacial score (nSPS) is 17.9. The van der Waals surface area contributed by atoms with Crippen molar-refractivity contribution in [3.63, 3.8) is 0 Å². The summed E-state index contributed by atoms with van der Waals surface area (Å²) in [6, 6.07) is 0. The molecule has 10 heteroatoms. The first-order valence-electron chi connectivity index (χ1n) is 10.9. The van der Waals surface area contributed by atoms with E-state index < -0.39 is 5.60 Å². The summed E-state index contributed by atoms with van der Waals surface area (Å²) in [7, 11) is 0. The first kappa shape index (κ1) is 22.3. The molecule has 2 aliphatic rings. The molecule has 0 saturated carbocycles. The molecule has 0 aromatic carbocycles. The highest BCUT2D eigenvalue weighted by Gasteiger charge is 2.25. The Hall–Kier alpha value is -2.36. The number of carbonyl (C=O) groups is 2. The third kappa shape index (κ3) is 6.07. The number of aryl methyl sites for hydroxylation is 1. The van der Waals surface area contributed by atoms with Crippen LogP contribution in [0.3, 0.4) is 0 Å².